The molecule has 5 heteroatoms. The minimum atomic E-state index is -0.839. The number of aliphatic carboxylic acids is 1. The molecule has 0 fully saturated rings. The maximum atomic E-state index is 12.5. The normalized spacial score (nSPS) is 12.0. The molecule has 0 saturated carbocycles. The van der Waals surface area contributed by atoms with Gasteiger partial charge in [-0.2, -0.15) is 0 Å². The van der Waals surface area contributed by atoms with E-state index in [4.69, 9.17) is 9.84 Å². The molecular weight excluding hydrogens is 306 g/mol. The molecule has 24 heavy (non-hydrogen) atoms. The fourth-order valence-electron chi connectivity index (χ4n) is 2.69. The first-order chi connectivity index (χ1) is 11.4. The van der Waals surface area contributed by atoms with Gasteiger partial charge in [0.15, 0.2) is 0 Å². The number of rotatable bonds is 7. The first-order valence-electron chi connectivity index (χ1n) is 7.97. The number of amides is 1. The summed E-state index contributed by atoms with van der Waals surface area (Å²) >= 11 is 0. The van der Waals surface area contributed by atoms with Crippen LogP contribution in [-0.4, -0.2) is 42.6 Å². The number of carboxylic acids is 1. The molecule has 1 amide bonds. The first-order valence-corrected chi connectivity index (χ1v) is 7.97. The van der Waals surface area contributed by atoms with Crippen molar-refractivity contribution in [2.75, 3.05) is 20.7 Å². The molecule has 0 bridgehead atoms. The number of hydrogen-bond donors (Lipinski definition) is 1. The number of carboxylic acid groups (broad SMARTS) is 1. The lowest BCUT2D eigenvalue weighted by Crippen LogP contribution is -2.31. The van der Waals surface area contributed by atoms with E-state index in [0.29, 0.717) is 13.0 Å². The van der Waals surface area contributed by atoms with E-state index >= 15 is 0 Å². The second-order valence-electron chi connectivity index (χ2n) is 5.95. The molecular formula is C19H23NO4. The average molecular weight is 329 g/mol. The third kappa shape index (κ3) is 4.25. The zero-order valence-corrected chi connectivity index (χ0v) is 14.3. The summed E-state index contributed by atoms with van der Waals surface area (Å²) in [4.78, 5) is 24.7. The minimum absolute atomic E-state index is 0.00625. The van der Waals surface area contributed by atoms with E-state index in [1.807, 2.05) is 43.3 Å². The Morgan fingerprint density at radius 2 is 1.83 bits per heavy atom. The van der Waals surface area contributed by atoms with Crippen LogP contribution in [-0.2, 0) is 9.59 Å². The maximum Gasteiger partial charge on any atom is 0.303 e. The van der Waals surface area contributed by atoms with Gasteiger partial charge in [0.25, 0.3) is 0 Å². The van der Waals surface area contributed by atoms with Crippen LogP contribution in [0.15, 0.2) is 36.4 Å². The van der Waals surface area contributed by atoms with Crippen LogP contribution in [0.4, 0.5) is 0 Å². The number of nitrogens with zero attached hydrogens (tertiary/aromatic N) is 1. The summed E-state index contributed by atoms with van der Waals surface area (Å²) < 4.78 is 5.22. The van der Waals surface area contributed by atoms with Crippen LogP contribution >= 0.6 is 0 Å². The zero-order valence-electron chi connectivity index (χ0n) is 14.3. The number of carbonyl (C=O) groups excluding carboxylic acids is 1. The van der Waals surface area contributed by atoms with Gasteiger partial charge in [0.1, 0.15) is 5.75 Å². The number of fused-ring (bicyclic) bond motifs is 1. The Morgan fingerprint density at radius 1 is 1.17 bits per heavy atom. The molecule has 0 aromatic heterocycles. The van der Waals surface area contributed by atoms with Crippen molar-refractivity contribution in [2.45, 2.75) is 25.7 Å². The maximum absolute atomic E-state index is 12.5. The summed E-state index contributed by atoms with van der Waals surface area (Å²) in [6, 6.07) is 11.8. The van der Waals surface area contributed by atoms with E-state index in [-0.39, 0.29) is 18.2 Å². The average Bonchev–Trinajstić information content (AvgIpc) is 2.59. The molecule has 0 aliphatic heterocycles. The van der Waals surface area contributed by atoms with Gasteiger partial charge in [0.2, 0.25) is 5.91 Å². The summed E-state index contributed by atoms with van der Waals surface area (Å²) in [6.45, 7) is 2.32. The van der Waals surface area contributed by atoms with Crippen molar-refractivity contribution in [3.63, 3.8) is 0 Å². The second kappa shape index (κ2) is 7.81. The van der Waals surface area contributed by atoms with Gasteiger partial charge < -0.3 is 14.7 Å². The molecule has 1 unspecified atom stereocenters. The largest absolute Gasteiger partial charge is 0.497 e. The van der Waals surface area contributed by atoms with Crippen LogP contribution in [0.2, 0.25) is 0 Å². The molecule has 128 valence electrons. The molecule has 0 aliphatic carbocycles. The number of methoxy groups -OCH3 is 1. The highest BCUT2D eigenvalue weighted by Gasteiger charge is 2.19. The van der Waals surface area contributed by atoms with Gasteiger partial charge in [-0.1, -0.05) is 24.3 Å². The summed E-state index contributed by atoms with van der Waals surface area (Å²) in [5.74, 6) is -0.314. The van der Waals surface area contributed by atoms with Gasteiger partial charge in [0.05, 0.1) is 13.0 Å². The van der Waals surface area contributed by atoms with Crippen molar-refractivity contribution in [3.05, 3.63) is 42.0 Å². The topological polar surface area (TPSA) is 66.8 Å². The molecule has 2 aromatic rings. The highest BCUT2D eigenvalue weighted by molar-refractivity contribution is 5.88. The van der Waals surface area contributed by atoms with Gasteiger partial charge in [-0.3, -0.25) is 9.59 Å². The summed E-state index contributed by atoms with van der Waals surface area (Å²) in [7, 11) is 3.35. The van der Waals surface area contributed by atoms with Crippen LogP contribution < -0.4 is 4.74 Å². The Bertz CT molecular complexity index is 741. The SMILES string of the molecule is COc1ccc2cc(C(C)C(=O)N(C)CCCC(=O)O)ccc2c1. The predicted octanol–water partition coefficient (Wildman–Crippen LogP) is 3.28. The summed E-state index contributed by atoms with van der Waals surface area (Å²) in [5.41, 5.74) is 0.947. The lowest BCUT2D eigenvalue weighted by molar-refractivity contribution is -0.138. The van der Waals surface area contributed by atoms with Crippen LogP contribution in [0.3, 0.4) is 0 Å². The third-order valence-corrected chi connectivity index (χ3v) is 4.20. The van der Waals surface area contributed by atoms with Crippen molar-refractivity contribution in [3.8, 4) is 5.75 Å². The monoisotopic (exact) mass is 329 g/mol. The van der Waals surface area contributed by atoms with E-state index in [9.17, 15) is 9.59 Å². The van der Waals surface area contributed by atoms with Crippen molar-refractivity contribution in [2.24, 2.45) is 0 Å². The number of benzene rings is 2. The van der Waals surface area contributed by atoms with Crippen LogP contribution in [0, 0.1) is 0 Å². The van der Waals surface area contributed by atoms with E-state index in [2.05, 4.69) is 0 Å². The second-order valence-corrected chi connectivity index (χ2v) is 5.95. The smallest absolute Gasteiger partial charge is 0.303 e. The Hall–Kier alpha value is -2.56. The fourth-order valence-corrected chi connectivity index (χ4v) is 2.69. The Kier molecular flexibility index (Phi) is 5.79. The summed E-state index contributed by atoms with van der Waals surface area (Å²) in [6.07, 6.45) is 0.533. The van der Waals surface area contributed by atoms with E-state index < -0.39 is 5.97 Å². The summed E-state index contributed by atoms with van der Waals surface area (Å²) in [5, 5.41) is 10.8. The number of hydrogen-bond acceptors (Lipinski definition) is 3. The van der Waals surface area contributed by atoms with Crippen LogP contribution in [0.1, 0.15) is 31.2 Å². The van der Waals surface area contributed by atoms with Gasteiger partial charge in [-0.25, -0.2) is 0 Å². The first kappa shape index (κ1) is 17.8. The van der Waals surface area contributed by atoms with Crippen molar-refractivity contribution >= 4 is 22.6 Å². The van der Waals surface area contributed by atoms with Crippen molar-refractivity contribution in [1.29, 1.82) is 0 Å². The number of carbonyl (C=O) groups is 2. The third-order valence-electron chi connectivity index (χ3n) is 4.20. The van der Waals surface area contributed by atoms with Crippen LogP contribution in [0.25, 0.3) is 10.8 Å². The lowest BCUT2D eigenvalue weighted by atomic mass is 9.96. The standard InChI is InChI=1S/C19H23NO4/c1-13(19(23)20(2)10-4-5-18(21)22)14-6-7-16-12-17(24-3)9-8-15(16)11-14/h6-9,11-13H,4-5,10H2,1-3H3,(H,21,22). The van der Waals surface area contributed by atoms with Crippen molar-refractivity contribution in [1.82, 2.24) is 4.90 Å². The number of likely N-dealkylation sites (N-methyl/N-ethyl adjacent to an activating group) is 1. The quantitative estimate of drug-likeness (QED) is 0.846. The molecule has 0 aliphatic rings. The number of ether oxygens (including phenoxy) is 1. The fraction of sp³-hybridized carbons (Fsp3) is 0.368. The molecule has 2 aromatic carbocycles. The molecule has 5 nitrogen and oxygen atoms in total. The van der Waals surface area contributed by atoms with Gasteiger partial charge in [-0.15, -0.1) is 0 Å². The molecule has 1 N–H and O–H groups in total. The zero-order chi connectivity index (χ0) is 17.7. The Balaban J connectivity index is 2.10. The van der Waals surface area contributed by atoms with E-state index in [0.717, 1.165) is 22.1 Å². The minimum Gasteiger partial charge on any atom is -0.497 e. The molecule has 0 saturated heterocycles. The van der Waals surface area contributed by atoms with Gasteiger partial charge >= 0.3 is 5.97 Å². The molecule has 0 spiro atoms. The molecule has 0 heterocycles. The highest BCUT2D eigenvalue weighted by atomic mass is 16.5. The van der Waals surface area contributed by atoms with Crippen molar-refractivity contribution < 1.29 is 19.4 Å². The van der Waals surface area contributed by atoms with Crippen LogP contribution in [0.5, 0.6) is 5.75 Å². The molecule has 2 rings (SSSR count). The predicted molar refractivity (Wildman–Crippen MR) is 93.4 cm³/mol. The highest BCUT2D eigenvalue weighted by Crippen LogP contribution is 2.26. The Labute approximate surface area is 141 Å². The van der Waals surface area contributed by atoms with E-state index in [1.165, 1.54) is 0 Å². The lowest BCUT2D eigenvalue weighted by Gasteiger charge is -2.21. The van der Waals surface area contributed by atoms with Gasteiger partial charge in [-0.05, 0) is 41.8 Å². The Morgan fingerprint density at radius 3 is 2.50 bits per heavy atom. The molecule has 0 radical (unpaired) electrons. The molecule has 1 atom stereocenters. The van der Waals surface area contributed by atoms with E-state index in [1.54, 1.807) is 19.1 Å². The van der Waals surface area contributed by atoms with Gasteiger partial charge in [0, 0.05) is 20.0 Å².